The van der Waals surface area contributed by atoms with Gasteiger partial charge in [-0.15, -0.1) is 0 Å². The molecule has 0 atom stereocenters. The van der Waals surface area contributed by atoms with Gasteiger partial charge >= 0.3 is 0 Å². The third kappa shape index (κ3) is 4.29. The summed E-state index contributed by atoms with van der Waals surface area (Å²) >= 11 is 5.85. The molecule has 0 spiro atoms. The zero-order valence-corrected chi connectivity index (χ0v) is 11.7. The Morgan fingerprint density at radius 1 is 1.00 bits per heavy atom. The summed E-state index contributed by atoms with van der Waals surface area (Å²) in [6.45, 7) is 3.84. The number of halogens is 2. The Labute approximate surface area is 114 Å². The molecule has 1 fully saturated rings. The van der Waals surface area contributed by atoms with Crippen molar-refractivity contribution in [3.8, 4) is 0 Å². The van der Waals surface area contributed by atoms with Crippen LogP contribution in [-0.2, 0) is 6.54 Å². The van der Waals surface area contributed by atoms with Gasteiger partial charge in [-0.2, -0.15) is 0 Å². The summed E-state index contributed by atoms with van der Waals surface area (Å²) in [5.74, 6) is 0. The summed E-state index contributed by atoms with van der Waals surface area (Å²) in [5.41, 5.74) is 1.41. The number of rotatable bonds is 2. The number of nitrogens with one attached hydrogen (secondary N) is 1. The zero-order chi connectivity index (χ0) is 9.80. The lowest BCUT2D eigenvalue weighted by atomic mass is 10.1. The molecular formula is C12H17ClIN. The van der Waals surface area contributed by atoms with Crippen LogP contribution in [0.1, 0.15) is 24.8 Å². The summed E-state index contributed by atoms with van der Waals surface area (Å²) in [4.78, 5) is 1.72. The minimum Gasteiger partial charge on any atom is -1.00 e. The maximum Gasteiger partial charge on any atom is 0.103 e. The second-order valence-electron chi connectivity index (χ2n) is 4.11. The van der Waals surface area contributed by atoms with Crippen molar-refractivity contribution in [2.45, 2.75) is 25.8 Å². The van der Waals surface area contributed by atoms with Crippen LogP contribution in [0, 0.1) is 0 Å². The molecule has 0 saturated carbocycles. The predicted molar refractivity (Wildman–Crippen MR) is 59.7 cm³/mol. The Morgan fingerprint density at radius 2 is 1.60 bits per heavy atom. The van der Waals surface area contributed by atoms with E-state index in [4.69, 9.17) is 11.6 Å². The average molecular weight is 338 g/mol. The molecule has 1 heterocycles. The van der Waals surface area contributed by atoms with Crippen LogP contribution >= 0.6 is 11.6 Å². The van der Waals surface area contributed by atoms with E-state index in [0.717, 1.165) is 11.6 Å². The fourth-order valence-corrected chi connectivity index (χ4v) is 2.25. The van der Waals surface area contributed by atoms with Gasteiger partial charge in [0.1, 0.15) is 6.54 Å². The second-order valence-corrected chi connectivity index (χ2v) is 4.55. The number of quaternary nitrogens is 1. The van der Waals surface area contributed by atoms with Crippen molar-refractivity contribution in [1.29, 1.82) is 0 Å². The Kier molecular flexibility index (Phi) is 5.94. The Balaban J connectivity index is 0.00000112. The molecule has 15 heavy (non-hydrogen) atoms. The van der Waals surface area contributed by atoms with Gasteiger partial charge in [-0.1, -0.05) is 23.7 Å². The molecule has 84 valence electrons. The molecule has 2 rings (SSSR count). The molecule has 1 aliphatic heterocycles. The van der Waals surface area contributed by atoms with E-state index in [1.54, 1.807) is 4.90 Å². The average Bonchev–Trinajstić information content (AvgIpc) is 2.23. The van der Waals surface area contributed by atoms with Gasteiger partial charge in [-0.25, -0.2) is 0 Å². The highest BCUT2D eigenvalue weighted by Crippen LogP contribution is 2.08. The molecule has 1 aromatic carbocycles. The van der Waals surface area contributed by atoms with Gasteiger partial charge in [-0.05, 0) is 31.4 Å². The highest BCUT2D eigenvalue weighted by atomic mass is 127. The monoisotopic (exact) mass is 337 g/mol. The third-order valence-electron chi connectivity index (χ3n) is 2.93. The van der Waals surface area contributed by atoms with Crippen LogP contribution in [-0.4, -0.2) is 13.1 Å². The van der Waals surface area contributed by atoms with Crippen LogP contribution in [0.25, 0.3) is 0 Å². The third-order valence-corrected chi connectivity index (χ3v) is 3.18. The van der Waals surface area contributed by atoms with Gasteiger partial charge < -0.3 is 28.9 Å². The molecule has 0 bridgehead atoms. The summed E-state index contributed by atoms with van der Waals surface area (Å²) in [6, 6.07) is 8.26. The first-order valence-electron chi connectivity index (χ1n) is 5.42. The number of likely N-dealkylation sites (tertiary alicyclic amines) is 1. The van der Waals surface area contributed by atoms with Crippen molar-refractivity contribution in [2.75, 3.05) is 13.1 Å². The summed E-state index contributed by atoms with van der Waals surface area (Å²) in [6.07, 6.45) is 4.20. The minimum atomic E-state index is 0. The Morgan fingerprint density at radius 3 is 2.20 bits per heavy atom. The number of hydrogen-bond acceptors (Lipinski definition) is 0. The van der Waals surface area contributed by atoms with E-state index in [2.05, 4.69) is 12.1 Å². The largest absolute Gasteiger partial charge is 1.00 e. The van der Waals surface area contributed by atoms with Crippen molar-refractivity contribution < 1.29 is 28.9 Å². The molecule has 1 aliphatic rings. The quantitative estimate of drug-likeness (QED) is 0.655. The van der Waals surface area contributed by atoms with Gasteiger partial charge in [-0.3, -0.25) is 0 Å². The molecule has 1 aromatic rings. The first-order valence-corrected chi connectivity index (χ1v) is 5.80. The highest BCUT2D eigenvalue weighted by molar-refractivity contribution is 6.30. The lowest BCUT2D eigenvalue weighted by Gasteiger charge is -2.23. The van der Waals surface area contributed by atoms with Crippen molar-refractivity contribution in [3.63, 3.8) is 0 Å². The summed E-state index contributed by atoms with van der Waals surface area (Å²) in [5, 5.41) is 0.836. The lowest BCUT2D eigenvalue weighted by Crippen LogP contribution is -3.11. The van der Waals surface area contributed by atoms with Crippen LogP contribution in [0.2, 0.25) is 5.02 Å². The van der Waals surface area contributed by atoms with Gasteiger partial charge in [0.25, 0.3) is 0 Å². The van der Waals surface area contributed by atoms with Crippen molar-refractivity contribution in [3.05, 3.63) is 34.9 Å². The van der Waals surface area contributed by atoms with Crippen molar-refractivity contribution >= 4 is 11.6 Å². The zero-order valence-electron chi connectivity index (χ0n) is 8.81. The molecule has 0 aliphatic carbocycles. The molecule has 1 saturated heterocycles. The van der Waals surface area contributed by atoms with Crippen LogP contribution in [0.5, 0.6) is 0 Å². The Bertz CT molecular complexity index is 280. The molecule has 1 N–H and O–H groups in total. The summed E-state index contributed by atoms with van der Waals surface area (Å²) in [7, 11) is 0. The smallest absolute Gasteiger partial charge is 0.103 e. The lowest BCUT2D eigenvalue weighted by molar-refractivity contribution is -0.918. The fourth-order valence-electron chi connectivity index (χ4n) is 2.12. The standard InChI is InChI=1S/C12H16ClN.HI/c13-12-6-4-11(5-7-12)10-14-8-2-1-3-9-14;/h4-7H,1-3,8-10H2;1H. The SMILES string of the molecule is Clc1ccc(C[NH+]2CCCCC2)cc1.[I-]. The molecule has 0 amide bonds. The van der Waals surface area contributed by atoms with Gasteiger partial charge in [0, 0.05) is 10.6 Å². The van der Waals surface area contributed by atoms with Gasteiger partial charge in [0.2, 0.25) is 0 Å². The fraction of sp³-hybridized carbons (Fsp3) is 0.500. The van der Waals surface area contributed by atoms with Gasteiger partial charge in [0.05, 0.1) is 13.1 Å². The van der Waals surface area contributed by atoms with Crippen LogP contribution in [0.15, 0.2) is 24.3 Å². The van der Waals surface area contributed by atoms with Crippen LogP contribution in [0.3, 0.4) is 0 Å². The molecule has 0 aromatic heterocycles. The van der Waals surface area contributed by atoms with Crippen LogP contribution < -0.4 is 28.9 Å². The molecule has 0 radical (unpaired) electrons. The van der Waals surface area contributed by atoms with E-state index in [1.165, 1.54) is 37.9 Å². The maximum absolute atomic E-state index is 5.85. The number of hydrogen-bond donors (Lipinski definition) is 1. The Hall–Kier alpha value is 0.200. The van der Waals surface area contributed by atoms with E-state index in [0.29, 0.717) is 0 Å². The molecule has 1 nitrogen and oxygen atoms in total. The molecule has 3 heteroatoms. The number of piperidine rings is 1. The van der Waals surface area contributed by atoms with Crippen molar-refractivity contribution in [2.24, 2.45) is 0 Å². The van der Waals surface area contributed by atoms with Crippen molar-refractivity contribution in [1.82, 2.24) is 0 Å². The topological polar surface area (TPSA) is 4.44 Å². The van der Waals surface area contributed by atoms with Crippen LogP contribution in [0.4, 0.5) is 0 Å². The van der Waals surface area contributed by atoms with E-state index < -0.39 is 0 Å². The highest BCUT2D eigenvalue weighted by Gasteiger charge is 2.13. The molecular weight excluding hydrogens is 320 g/mol. The predicted octanol–water partition coefficient (Wildman–Crippen LogP) is -1.09. The first-order chi connectivity index (χ1) is 6.84. The second kappa shape index (κ2) is 6.71. The normalized spacial score (nSPS) is 17.1. The maximum atomic E-state index is 5.85. The van der Waals surface area contributed by atoms with E-state index in [1.807, 2.05) is 12.1 Å². The van der Waals surface area contributed by atoms with E-state index in [-0.39, 0.29) is 24.0 Å². The van der Waals surface area contributed by atoms with E-state index in [9.17, 15) is 0 Å². The van der Waals surface area contributed by atoms with E-state index >= 15 is 0 Å². The first kappa shape index (κ1) is 13.3. The number of benzene rings is 1. The van der Waals surface area contributed by atoms with Gasteiger partial charge in [0.15, 0.2) is 0 Å². The minimum absolute atomic E-state index is 0. The molecule has 0 unspecified atom stereocenters. The summed E-state index contributed by atoms with van der Waals surface area (Å²) < 4.78 is 0.